The van der Waals surface area contributed by atoms with E-state index in [1.807, 2.05) is 13.8 Å². The van der Waals surface area contributed by atoms with E-state index in [1.165, 1.54) is 0 Å². The van der Waals surface area contributed by atoms with E-state index < -0.39 is 0 Å². The first-order valence-corrected chi connectivity index (χ1v) is 4.66. The third kappa shape index (κ3) is 6.95. The summed E-state index contributed by atoms with van der Waals surface area (Å²) in [5, 5.41) is 0. The van der Waals surface area contributed by atoms with E-state index in [0.717, 1.165) is 0 Å². The Morgan fingerprint density at radius 1 is 1.23 bits per heavy atom. The summed E-state index contributed by atoms with van der Waals surface area (Å²) in [6.07, 6.45) is 0.101. The van der Waals surface area contributed by atoms with Gasteiger partial charge in [-0.1, -0.05) is 0 Å². The highest BCUT2D eigenvalue weighted by molar-refractivity contribution is 4.58. The molecule has 0 saturated heterocycles. The average Bonchev–Trinajstić information content (AvgIpc) is 2.12. The topological polar surface area (TPSA) is 53.7 Å². The molecule has 2 N–H and O–H groups in total. The molecule has 0 aliphatic carbocycles. The maximum atomic E-state index is 5.48. The molecule has 2 unspecified atom stereocenters. The minimum atomic E-state index is 0.00399. The zero-order valence-corrected chi connectivity index (χ0v) is 8.79. The molecule has 0 aromatic rings. The van der Waals surface area contributed by atoms with Crippen LogP contribution in [-0.2, 0) is 14.2 Å². The van der Waals surface area contributed by atoms with Gasteiger partial charge < -0.3 is 19.9 Å². The maximum absolute atomic E-state index is 5.48. The van der Waals surface area contributed by atoms with Crippen LogP contribution in [0.1, 0.15) is 13.8 Å². The Bertz CT molecular complexity index is 111. The van der Waals surface area contributed by atoms with Crippen LogP contribution in [0, 0.1) is 0 Å². The quantitative estimate of drug-likeness (QED) is 0.603. The van der Waals surface area contributed by atoms with E-state index in [-0.39, 0.29) is 12.2 Å². The number of rotatable bonds is 8. The van der Waals surface area contributed by atoms with Crippen molar-refractivity contribution in [3.05, 3.63) is 0 Å². The summed E-state index contributed by atoms with van der Waals surface area (Å²) in [6.45, 7) is 6.21. The molecule has 0 aromatic heterocycles. The van der Waals surface area contributed by atoms with Gasteiger partial charge >= 0.3 is 0 Å². The SMILES string of the molecule is CCOC(CN)COC(C)COC. The van der Waals surface area contributed by atoms with Crippen LogP contribution in [0.2, 0.25) is 0 Å². The lowest BCUT2D eigenvalue weighted by Gasteiger charge is -2.18. The predicted octanol–water partition coefficient (Wildman–Crippen LogP) is 0.402. The van der Waals surface area contributed by atoms with Crippen LogP contribution in [0.4, 0.5) is 0 Å². The lowest BCUT2D eigenvalue weighted by molar-refractivity contribution is -0.0513. The van der Waals surface area contributed by atoms with Crippen molar-refractivity contribution in [2.45, 2.75) is 26.1 Å². The largest absolute Gasteiger partial charge is 0.382 e. The van der Waals surface area contributed by atoms with Gasteiger partial charge in [0.2, 0.25) is 0 Å². The monoisotopic (exact) mass is 191 g/mol. The first-order valence-electron chi connectivity index (χ1n) is 4.66. The summed E-state index contributed by atoms with van der Waals surface area (Å²) in [7, 11) is 1.66. The predicted molar refractivity (Wildman–Crippen MR) is 51.8 cm³/mol. The molecule has 4 heteroatoms. The van der Waals surface area contributed by atoms with Gasteiger partial charge in [-0.2, -0.15) is 0 Å². The molecule has 0 aliphatic heterocycles. The van der Waals surface area contributed by atoms with Crippen LogP contribution < -0.4 is 5.73 Å². The molecule has 0 amide bonds. The minimum absolute atomic E-state index is 0.00399. The smallest absolute Gasteiger partial charge is 0.0930 e. The number of ether oxygens (including phenoxy) is 3. The van der Waals surface area contributed by atoms with Gasteiger partial charge in [0.1, 0.15) is 0 Å². The highest BCUT2D eigenvalue weighted by atomic mass is 16.6. The molecule has 0 aromatic carbocycles. The lowest BCUT2D eigenvalue weighted by atomic mass is 10.3. The van der Waals surface area contributed by atoms with Gasteiger partial charge in [0, 0.05) is 20.3 Å². The molecule has 0 fully saturated rings. The minimum Gasteiger partial charge on any atom is -0.382 e. The Morgan fingerprint density at radius 2 is 1.92 bits per heavy atom. The normalized spacial score (nSPS) is 15.7. The van der Waals surface area contributed by atoms with Gasteiger partial charge in [-0.15, -0.1) is 0 Å². The van der Waals surface area contributed by atoms with E-state index >= 15 is 0 Å². The van der Waals surface area contributed by atoms with E-state index in [1.54, 1.807) is 7.11 Å². The second-order valence-corrected chi connectivity index (χ2v) is 2.91. The third-order valence-electron chi connectivity index (χ3n) is 1.63. The molecular formula is C9H21NO3. The van der Waals surface area contributed by atoms with Gasteiger partial charge in [0.05, 0.1) is 25.4 Å². The Labute approximate surface area is 80.3 Å². The number of hydrogen-bond acceptors (Lipinski definition) is 4. The van der Waals surface area contributed by atoms with Crippen LogP contribution in [0.5, 0.6) is 0 Å². The Kier molecular flexibility index (Phi) is 8.33. The van der Waals surface area contributed by atoms with Crippen molar-refractivity contribution < 1.29 is 14.2 Å². The summed E-state index contributed by atoms with van der Waals surface area (Å²) in [5.41, 5.74) is 5.48. The number of nitrogens with two attached hydrogens (primary N) is 1. The van der Waals surface area contributed by atoms with E-state index in [9.17, 15) is 0 Å². The van der Waals surface area contributed by atoms with Gasteiger partial charge in [-0.3, -0.25) is 0 Å². The standard InChI is InChI=1S/C9H21NO3/c1-4-12-9(5-10)7-13-8(2)6-11-3/h8-9H,4-7,10H2,1-3H3. The van der Waals surface area contributed by atoms with Crippen LogP contribution in [0.15, 0.2) is 0 Å². The fourth-order valence-corrected chi connectivity index (χ4v) is 0.974. The molecule has 0 saturated carbocycles. The summed E-state index contributed by atoms with van der Waals surface area (Å²) >= 11 is 0. The first kappa shape index (κ1) is 12.8. The number of hydrogen-bond donors (Lipinski definition) is 1. The van der Waals surface area contributed by atoms with Crippen molar-refractivity contribution in [1.29, 1.82) is 0 Å². The van der Waals surface area contributed by atoms with Crippen molar-refractivity contribution in [2.24, 2.45) is 5.73 Å². The van der Waals surface area contributed by atoms with Gasteiger partial charge in [0.25, 0.3) is 0 Å². The average molecular weight is 191 g/mol. The summed E-state index contributed by atoms with van der Waals surface area (Å²) < 4.78 is 15.7. The van der Waals surface area contributed by atoms with E-state index in [0.29, 0.717) is 26.4 Å². The second-order valence-electron chi connectivity index (χ2n) is 2.91. The maximum Gasteiger partial charge on any atom is 0.0930 e. The van der Waals surface area contributed by atoms with Crippen molar-refractivity contribution in [2.75, 3.05) is 33.5 Å². The summed E-state index contributed by atoms with van der Waals surface area (Å²) in [4.78, 5) is 0. The Hall–Kier alpha value is -0.160. The summed E-state index contributed by atoms with van der Waals surface area (Å²) in [6, 6.07) is 0. The molecule has 13 heavy (non-hydrogen) atoms. The van der Waals surface area contributed by atoms with Crippen molar-refractivity contribution >= 4 is 0 Å². The third-order valence-corrected chi connectivity index (χ3v) is 1.63. The lowest BCUT2D eigenvalue weighted by Crippen LogP contribution is -2.31. The van der Waals surface area contributed by atoms with E-state index in [4.69, 9.17) is 19.9 Å². The van der Waals surface area contributed by atoms with Gasteiger partial charge in [-0.05, 0) is 13.8 Å². The zero-order chi connectivity index (χ0) is 10.1. The van der Waals surface area contributed by atoms with Gasteiger partial charge in [0.15, 0.2) is 0 Å². The fraction of sp³-hybridized carbons (Fsp3) is 1.00. The van der Waals surface area contributed by atoms with Gasteiger partial charge in [-0.25, -0.2) is 0 Å². The molecule has 0 bridgehead atoms. The molecule has 80 valence electrons. The first-order chi connectivity index (χ1) is 6.24. The molecule has 0 spiro atoms. The highest BCUT2D eigenvalue weighted by Gasteiger charge is 2.08. The fourth-order valence-electron chi connectivity index (χ4n) is 0.974. The molecule has 0 heterocycles. The molecule has 0 radical (unpaired) electrons. The van der Waals surface area contributed by atoms with Crippen molar-refractivity contribution in [1.82, 2.24) is 0 Å². The van der Waals surface area contributed by atoms with Crippen molar-refractivity contribution in [3.8, 4) is 0 Å². The van der Waals surface area contributed by atoms with E-state index in [2.05, 4.69) is 0 Å². The Morgan fingerprint density at radius 3 is 2.38 bits per heavy atom. The van der Waals surface area contributed by atoms with Crippen LogP contribution in [-0.4, -0.2) is 45.7 Å². The van der Waals surface area contributed by atoms with Crippen LogP contribution in [0.3, 0.4) is 0 Å². The highest BCUT2D eigenvalue weighted by Crippen LogP contribution is 1.96. The molecule has 2 atom stereocenters. The molecule has 0 rings (SSSR count). The van der Waals surface area contributed by atoms with Crippen LogP contribution in [0.25, 0.3) is 0 Å². The molecule has 4 nitrogen and oxygen atoms in total. The zero-order valence-electron chi connectivity index (χ0n) is 8.79. The number of methoxy groups -OCH3 is 1. The second kappa shape index (κ2) is 8.44. The van der Waals surface area contributed by atoms with Crippen molar-refractivity contribution in [3.63, 3.8) is 0 Å². The van der Waals surface area contributed by atoms with Crippen LogP contribution >= 0.6 is 0 Å². The summed E-state index contributed by atoms with van der Waals surface area (Å²) in [5.74, 6) is 0. The molecular weight excluding hydrogens is 170 g/mol. The Balaban J connectivity index is 3.46. The molecule has 0 aliphatic rings.